The van der Waals surface area contributed by atoms with Crippen molar-refractivity contribution in [3.05, 3.63) is 28.8 Å². The van der Waals surface area contributed by atoms with Crippen molar-refractivity contribution in [3.8, 4) is 0 Å². The maximum atomic E-state index is 12.7. The first kappa shape index (κ1) is 16.3. The number of nitrogens with zero attached hydrogens (tertiary/aromatic N) is 1. The molecular weight excluding hydrogens is 316 g/mol. The number of halogens is 1. The van der Waals surface area contributed by atoms with Crippen molar-refractivity contribution in [3.63, 3.8) is 0 Å². The van der Waals surface area contributed by atoms with Gasteiger partial charge in [-0.05, 0) is 50.3 Å². The Morgan fingerprint density at radius 2 is 1.96 bits per heavy atom. The fourth-order valence-corrected chi connectivity index (χ4v) is 3.24. The van der Waals surface area contributed by atoms with Crippen LogP contribution in [0, 0.1) is 0 Å². The van der Waals surface area contributed by atoms with Gasteiger partial charge in [0.25, 0.3) is 11.8 Å². The number of hydrogen-bond donors (Lipinski definition) is 1. The van der Waals surface area contributed by atoms with Crippen molar-refractivity contribution in [2.24, 2.45) is 0 Å². The molecule has 2 aliphatic rings. The highest BCUT2D eigenvalue weighted by Crippen LogP contribution is 2.25. The number of carbonyl (C=O) groups is 2. The second-order valence-electron chi connectivity index (χ2n) is 6.03. The van der Waals surface area contributed by atoms with E-state index < -0.39 is 6.10 Å². The van der Waals surface area contributed by atoms with E-state index in [1.165, 1.54) is 0 Å². The third kappa shape index (κ3) is 3.85. The van der Waals surface area contributed by atoms with Gasteiger partial charge in [0, 0.05) is 24.7 Å². The van der Waals surface area contributed by atoms with Crippen molar-refractivity contribution in [1.82, 2.24) is 4.90 Å². The van der Waals surface area contributed by atoms with Gasteiger partial charge in [0.15, 0.2) is 0 Å². The lowest BCUT2D eigenvalue weighted by atomic mass is 10.1. The van der Waals surface area contributed by atoms with Crippen LogP contribution >= 0.6 is 11.6 Å². The first-order chi connectivity index (χ1) is 11.1. The molecule has 1 atom stereocenters. The average molecular weight is 337 g/mol. The molecule has 3 rings (SSSR count). The zero-order valence-corrected chi connectivity index (χ0v) is 13.8. The summed E-state index contributed by atoms with van der Waals surface area (Å²) in [4.78, 5) is 26.8. The van der Waals surface area contributed by atoms with Crippen LogP contribution in [0.5, 0.6) is 0 Å². The molecule has 0 spiro atoms. The molecule has 6 heteroatoms. The Bertz CT molecular complexity index is 594. The Morgan fingerprint density at radius 3 is 2.65 bits per heavy atom. The summed E-state index contributed by atoms with van der Waals surface area (Å²) < 4.78 is 5.39. The summed E-state index contributed by atoms with van der Waals surface area (Å²) in [7, 11) is 0. The first-order valence-corrected chi connectivity index (χ1v) is 8.54. The SMILES string of the molecule is O=C(Nc1cc(Cl)ccc1C(=O)N1CCCCC1)[C@@H]1CCCO1. The van der Waals surface area contributed by atoms with Crippen LogP contribution in [0.1, 0.15) is 42.5 Å². The Labute approximate surface area is 140 Å². The van der Waals surface area contributed by atoms with Crippen molar-refractivity contribution >= 4 is 29.1 Å². The van der Waals surface area contributed by atoms with Crippen molar-refractivity contribution < 1.29 is 14.3 Å². The van der Waals surface area contributed by atoms with E-state index in [0.717, 1.165) is 38.8 Å². The lowest BCUT2D eigenvalue weighted by molar-refractivity contribution is -0.124. The van der Waals surface area contributed by atoms with Gasteiger partial charge in [-0.3, -0.25) is 9.59 Å². The van der Waals surface area contributed by atoms with E-state index >= 15 is 0 Å². The van der Waals surface area contributed by atoms with Gasteiger partial charge in [-0.15, -0.1) is 0 Å². The van der Waals surface area contributed by atoms with E-state index in [1.807, 2.05) is 4.90 Å². The fraction of sp³-hybridized carbons (Fsp3) is 0.529. The maximum absolute atomic E-state index is 12.7. The molecule has 0 aromatic heterocycles. The molecule has 2 heterocycles. The minimum absolute atomic E-state index is 0.0518. The van der Waals surface area contributed by atoms with Gasteiger partial charge in [-0.2, -0.15) is 0 Å². The van der Waals surface area contributed by atoms with Gasteiger partial charge >= 0.3 is 0 Å². The Hall–Kier alpha value is -1.59. The monoisotopic (exact) mass is 336 g/mol. The summed E-state index contributed by atoms with van der Waals surface area (Å²) in [5.74, 6) is -0.263. The molecule has 0 bridgehead atoms. The number of ether oxygens (including phenoxy) is 1. The molecule has 1 N–H and O–H groups in total. The van der Waals surface area contributed by atoms with Gasteiger partial charge < -0.3 is 15.0 Å². The van der Waals surface area contributed by atoms with Crippen LogP contribution in [0.2, 0.25) is 5.02 Å². The Morgan fingerprint density at radius 1 is 1.17 bits per heavy atom. The molecule has 124 valence electrons. The highest BCUT2D eigenvalue weighted by Gasteiger charge is 2.26. The second-order valence-corrected chi connectivity index (χ2v) is 6.47. The lowest BCUT2D eigenvalue weighted by Gasteiger charge is -2.27. The number of hydrogen-bond acceptors (Lipinski definition) is 3. The molecule has 0 aliphatic carbocycles. The van der Waals surface area contributed by atoms with Crippen molar-refractivity contribution in [2.45, 2.75) is 38.2 Å². The first-order valence-electron chi connectivity index (χ1n) is 8.16. The summed E-state index contributed by atoms with van der Waals surface area (Å²) >= 11 is 6.04. The van der Waals surface area contributed by atoms with Crippen LogP contribution in [0.4, 0.5) is 5.69 Å². The minimum Gasteiger partial charge on any atom is -0.368 e. The van der Waals surface area contributed by atoms with E-state index in [4.69, 9.17) is 16.3 Å². The quantitative estimate of drug-likeness (QED) is 0.922. The van der Waals surface area contributed by atoms with E-state index in [0.29, 0.717) is 29.3 Å². The van der Waals surface area contributed by atoms with Crippen molar-refractivity contribution in [2.75, 3.05) is 25.0 Å². The van der Waals surface area contributed by atoms with E-state index in [9.17, 15) is 9.59 Å². The molecule has 23 heavy (non-hydrogen) atoms. The van der Waals surface area contributed by atoms with Crippen molar-refractivity contribution in [1.29, 1.82) is 0 Å². The Balaban J connectivity index is 1.79. The van der Waals surface area contributed by atoms with Crippen LogP contribution < -0.4 is 5.32 Å². The molecule has 0 unspecified atom stereocenters. The summed E-state index contributed by atoms with van der Waals surface area (Å²) in [6, 6.07) is 5.00. The molecule has 5 nitrogen and oxygen atoms in total. The zero-order chi connectivity index (χ0) is 16.2. The predicted octanol–water partition coefficient (Wildman–Crippen LogP) is 3.08. The largest absolute Gasteiger partial charge is 0.368 e. The molecular formula is C17H21ClN2O3. The van der Waals surface area contributed by atoms with E-state index in [2.05, 4.69) is 5.32 Å². The number of piperidine rings is 1. The third-order valence-electron chi connectivity index (χ3n) is 4.34. The van der Waals surface area contributed by atoms with E-state index in [-0.39, 0.29) is 11.8 Å². The number of benzene rings is 1. The minimum atomic E-state index is -0.438. The number of anilines is 1. The van der Waals surface area contributed by atoms with Crippen LogP contribution in [-0.2, 0) is 9.53 Å². The fourth-order valence-electron chi connectivity index (χ4n) is 3.07. The maximum Gasteiger partial charge on any atom is 0.255 e. The van der Waals surface area contributed by atoms with Gasteiger partial charge in [0.2, 0.25) is 0 Å². The summed E-state index contributed by atoms with van der Waals surface area (Å²) in [6.45, 7) is 2.13. The molecule has 1 aromatic carbocycles. The summed E-state index contributed by atoms with van der Waals surface area (Å²) in [5, 5.41) is 3.31. The van der Waals surface area contributed by atoms with Gasteiger partial charge in [-0.25, -0.2) is 0 Å². The normalized spacial score (nSPS) is 21.3. The second kappa shape index (κ2) is 7.32. The Kier molecular flexibility index (Phi) is 5.18. The number of carbonyl (C=O) groups excluding carboxylic acids is 2. The van der Waals surface area contributed by atoms with Crippen LogP contribution in [0.15, 0.2) is 18.2 Å². The molecule has 0 saturated carbocycles. The lowest BCUT2D eigenvalue weighted by Crippen LogP contribution is -2.36. The molecule has 2 aliphatic heterocycles. The smallest absolute Gasteiger partial charge is 0.255 e. The molecule has 1 aromatic rings. The molecule has 2 amide bonds. The van der Waals surface area contributed by atoms with Crippen LogP contribution in [0.25, 0.3) is 0 Å². The topological polar surface area (TPSA) is 58.6 Å². The number of nitrogens with one attached hydrogen (secondary N) is 1. The van der Waals surface area contributed by atoms with Gasteiger partial charge in [-0.1, -0.05) is 11.6 Å². The third-order valence-corrected chi connectivity index (χ3v) is 4.57. The molecule has 2 saturated heterocycles. The number of likely N-dealkylation sites (tertiary alicyclic amines) is 1. The number of rotatable bonds is 3. The van der Waals surface area contributed by atoms with Gasteiger partial charge in [0.05, 0.1) is 11.3 Å². The molecule has 0 radical (unpaired) electrons. The predicted molar refractivity (Wildman–Crippen MR) is 88.8 cm³/mol. The summed E-state index contributed by atoms with van der Waals surface area (Å²) in [6.07, 6.45) is 4.36. The van der Waals surface area contributed by atoms with Gasteiger partial charge in [0.1, 0.15) is 6.10 Å². The average Bonchev–Trinajstić information content (AvgIpc) is 3.10. The highest BCUT2D eigenvalue weighted by molar-refractivity contribution is 6.31. The van der Waals surface area contributed by atoms with Crippen LogP contribution in [0.3, 0.4) is 0 Å². The zero-order valence-electron chi connectivity index (χ0n) is 13.0. The van der Waals surface area contributed by atoms with Crippen LogP contribution in [-0.4, -0.2) is 42.5 Å². The highest BCUT2D eigenvalue weighted by atomic mass is 35.5. The van der Waals surface area contributed by atoms with E-state index in [1.54, 1.807) is 18.2 Å². The summed E-state index contributed by atoms with van der Waals surface area (Å²) in [5.41, 5.74) is 0.955. The number of amides is 2. The standard InChI is InChI=1S/C17H21ClN2O3/c18-12-6-7-13(17(22)20-8-2-1-3-9-20)14(11-12)19-16(21)15-5-4-10-23-15/h6-7,11,15H,1-5,8-10H2,(H,19,21)/t15-/m0/s1. The molecule has 2 fully saturated rings.